The molecule has 0 unspecified atom stereocenters. The van der Waals surface area contributed by atoms with Crippen molar-refractivity contribution in [1.82, 2.24) is 14.8 Å². The van der Waals surface area contributed by atoms with E-state index in [9.17, 15) is 9.59 Å². The Bertz CT molecular complexity index is 960. The van der Waals surface area contributed by atoms with E-state index in [0.29, 0.717) is 11.6 Å². The maximum Gasteiger partial charge on any atom is 0.253 e. The number of anilines is 1. The van der Waals surface area contributed by atoms with E-state index >= 15 is 0 Å². The molecule has 30 heavy (non-hydrogen) atoms. The number of pyridine rings is 1. The van der Waals surface area contributed by atoms with Gasteiger partial charge in [-0.3, -0.25) is 9.59 Å². The first-order valence-electron chi connectivity index (χ1n) is 10.6. The van der Waals surface area contributed by atoms with Crippen LogP contribution in [-0.2, 0) is 0 Å². The first kappa shape index (κ1) is 20.3. The molecular weight excluding hydrogens is 378 g/mol. The van der Waals surface area contributed by atoms with Crippen LogP contribution in [0.2, 0.25) is 0 Å². The van der Waals surface area contributed by atoms with Crippen LogP contribution < -0.4 is 11.5 Å². The number of nitrogens with two attached hydrogens (primary N) is 2. The van der Waals surface area contributed by atoms with Gasteiger partial charge >= 0.3 is 0 Å². The van der Waals surface area contributed by atoms with E-state index in [1.54, 1.807) is 12.3 Å². The van der Waals surface area contributed by atoms with Crippen LogP contribution in [0.25, 0.3) is 11.1 Å². The number of carbonyl (C=O) groups is 2. The number of nitrogens with zero attached hydrogens (tertiary/aromatic N) is 3. The molecule has 0 bridgehead atoms. The number of likely N-dealkylation sites (tertiary alicyclic amines) is 2. The lowest BCUT2D eigenvalue weighted by atomic mass is 9.96. The Balaban J connectivity index is 1.53. The fraction of sp³-hybridized carbons (Fsp3) is 0.435. The summed E-state index contributed by atoms with van der Waals surface area (Å²) in [7, 11) is 0. The summed E-state index contributed by atoms with van der Waals surface area (Å²) < 4.78 is 0. The van der Waals surface area contributed by atoms with Crippen molar-refractivity contribution in [2.24, 2.45) is 5.73 Å². The minimum absolute atomic E-state index is 0.0506. The smallest absolute Gasteiger partial charge is 0.253 e. The molecule has 2 aliphatic heterocycles. The summed E-state index contributed by atoms with van der Waals surface area (Å²) in [5, 5.41) is 0. The van der Waals surface area contributed by atoms with Gasteiger partial charge in [0.05, 0.1) is 5.56 Å². The third-order valence-corrected chi connectivity index (χ3v) is 6.39. The summed E-state index contributed by atoms with van der Waals surface area (Å²) in [5.41, 5.74) is 14.6. The predicted molar refractivity (Wildman–Crippen MR) is 117 cm³/mol. The standard InChI is InChI=1S/C23H29N5O2/c1-15-4-5-16(12-19(15)17-13-20(22(25)29)21(24)26-14-17)23(30)28-10-6-18(7-11-28)27-8-2-3-9-27/h4-5,12-14,18H,2-3,6-11H2,1H3,(H2,24,26)(H2,25,29). The average Bonchev–Trinajstić information content (AvgIpc) is 3.29. The van der Waals surface area contributed by atoms with Crippen molar-refractivity contribution in [3.63, 3.8) is 0 Å². The highest BCUT2D eigenvalue weighted by molar-refractivity contribution is 5.99. The fourth-order valence-electron chi connectivity index (χ4n) is 4.61. The molecule has 3 heterocycles. The van der Waals surface area contributed by atoms with Crippen LogP contribution in [0.3, 0.4) is 0 Å². The highest BCUT2D eigenvalue weighted by atomic mass is 16.2. The number of aromatic nitrogens is 1. The number of primary amides is 1. The van der Waals surface area contributed by atoms with Gasteiger partial charge < -0.3 is 21.3 Å². The van der Waals surface area contributed by atoms with Crippen LogP contribution in [0.1, 0.15) is 52.0 Å². The number of carbonyl (C=O) groups excluding carboxylic acids is 2. The molecule has 0 atom stereocenters. The summed E-state index contributed by atoms with van der Waals surface area (Å²) in [6.07, 6.45) is 6.27. The summed E-state index contributed by atoms with van der Waals surface area (Å²) >= 11 is 0. The van der Waals surface area contributed by atoms with Gasteiger partial charge in [-0.1, -0.05) is 6.07 Å². The van der Waals surface area contributed by atoms with E-state index in [1.165, 1.54) is 25.9 Å². The normalized spacial score (nSPS) is 18.0. The van der Waals surface area contributed by atoms with E-state index in [0.717, 1.165) is 42.6 Å². The molecule has 1 aromatic carbocycles. The third kappa shape index (κ3) is 4.03. The van der Waals surface area contributed by atoms with E-state index in [1.807, 2.05) is 30.0 Å². The first-order chi connectivity index (χ1) is 14.4. The van der Waals surface area contributed by atoms with Gasteiger partial charge in [-0.25, -0.2) is 4.98 Å². The summed E-state index contributed by atoms with van der Waals surface area (Å²) in [5.74, 6) is -0.459. The Kier molecular flexibility index (Phi) is 5.72. The fourth-order valence-corrected chi connectivity index (χ4v) is 4.61. The van der Waals surface area contributed by atoms with E-state index in [2.05, 4.69) is 9.88 Å². The molecule has 7 heteroatoms. The molecule has 2 aliphatic rings. The van der Waals surface area contributed by atoms with Crippen molar-refractivity contribution < 1.29 is 9.59 Å². The zero-order valence-electron chi connectivity index (χ0n) is 17.4. The number of benzene rings is 1. The second kappa shape index (κ2) is 8.44. The highest BCUT2D eigenvalue weighted by Gasteiger charge is 2.28. The number of rotatable bonds is 4. The lowest BCUT2D eigenvalue weighted by molar-refractivity contribution is 0.0644. The maximum absolute atomic E-state index is 13.2. The van der Waals surface area contributed by atoms with Crippen molar-refractivity contribution in [2.45, 2.75) is 38.6 Å². The molecule has 2 aromatic rings. The van der Waals surface area contributed by atoms with Gasteiger partial charge in [0.1, 0.15) is 5.82 Å². The van der Waals surface area contributed by atoms with Crippen LogP contribution in [0, 0.1) is 6.92 Å². The van der Waals surface area contributed by atoms with Gasteiger partial charge in [-0.15, -0.1) is 0 Å². The molecule has 0 aliphatic carbocycles. The SMILES string of the molecule is Cc1ccc(C(=O)N2CCC(N3CCCC3)CC2)cc1-c1cnc(N)c(C(N)=O)c1. The largest absolute Gasteiger partial charge is 0.383 e. The van der Waals surface area contributed by atoms with Crippen molar-refractivity contribution in [1.29, 1.82) is 0 Å². The zero-order valence-corrected chi connectivity index (χ0v) is 17.4. The minimum Gasteiger partial charge on any atom is -0.383 e. The van der Waals surface area contributed by atoms with E-state index < -0.39 is 5.91 Å². The number of amides is 2. The van der Waals surface area contributed by atoms with Gasteiger partial charge in [0.2, 0.25) is 0 Å². The Morgan fingerprint density at radius 2 is 1.77 bits per heavy atom. The minimum atomic E-state index is -0.618. The van der Waals surface area contributed by atoms with Gasteiger partial charge in [0, 0.05) is 36.5 Å². The molecular formula is C23H29N5O2. The molecule has 2 amide bonds. The Morgan fingerprint density at radius 3 is 2.43 bits per heavy atom. The Morgan fingerprint density at radius 1 is 1.07 bits per heavy atom. The van der Waals surface area contributed by atoms with Crippen LogP contribution in [-0.4, -0.2) is 58.8 Å². The summed E-state index contributed by atoms with van der Waals surface area (Å²) in [6.45, 7) is 5.94. The van der Waals surface area contributed by atoms with Gasteiger partial charge in [-0.05, 0) is 75.0 Å². The quantitative estimate of drug-likeness (QED) is 0.810. The Labute approximate surface area is 177 Å². The molecule has 0 saturated carbocycles. The summed E-state index contributed by atoms with van der Waals surface area (Å²) in [4.78, 5) is 33.4. The molecule has 4 rings (SSSR count). The lowest BCUT2D eigenvalue weighted by Gasteiger charge is -2.36. The molecule has 4 N–H and O–H groups in total. The molecule has 0 radical (unpaired) electrons. The van der Waals surface area contributed by atoms with Crippen LogP contribution in [0.4, 0.5) is 5.82 Å². The van der Waals surface area contributed by atoms with E-state index in [4.69, 9.17) is 11.5 Å². The molecule has 0 spiro atoms. The Hall–Kier alpha value is -2.93. The van der Waals surface area contributed by atoms with Crippen LogP contribution in [0.5, 0.6) is 0 Å². The first-order valence-corrected chi connectivity index (χ1v) is 10.6. The molecule has 158 valence electrons. The van der Waals surface area contributed by atoms with Crippen molar-refractivity contribution in [3.05, 3.63) is 47.2 Å². The molecule has 2 fully saturated rings. The monoisotopic (exact) mass is 407 g/mol. The molecule has 1 aromatic heterocycles. The number of hydrogen-bond acceptors (Lipinski definition) is 5. The van der Waals surface area contributed by atoms with Crippen molar-refractivity contribution in [2.75, 3.05) is 31.9 Å². The van der Waals surface area contributed by atoms with Crippen molar-refractivity contribution >= 4 is 17.6 Å². The summed E-state index contributed by atoms with van der Waals surface area (Å²) in [6, 6.07) is 7.93. The predicted octanol–water partition coefficient (Wildman–Crippen LogP) is 2.44. The third-order valence-electron chi connectivity index (χ3n) is 6.39. The van der Waals surface area contributed by atoms with Gasteiger partial charge in [-0.2, -0.15) is 0 Å². The number of aryl methyl sites for hydroxylation is 1. The number of piperidine rings is 1. The zero-order chi connectivity index (χ0) is 21.3. The van der Waals surface area contributed by atoms with E-state index in [-0.39, 0.29) is 17.3 Å². The molecule has 7 nitrogen and oxygen atoms in total. The second-order valence-electron chi connectivity index (χ2n) is 8.32. The van der Waals surface area contributed by atoms with Crippen LogP contribution in [0.15, 0.2) is 30.5 Å². The number of nitrogen functional groups attached to an aromatic ring is 1. The van der Waals surface area contributed by atoms with Gasteiger partial charge in [0.25, 0.3) is 11.8 Å². The van der Waals surface area contributed by atoms with Gasteiger partial charge in [0.15, 0.2) is 0 Å². The van der Waals surface area contributed by atoms with Crippen LogP contribution >= 0.6 is 0 Å². The molecule has 2 saturated heterocycles. The topological polar surface area (TPSA) is 106 Å². The van der Waals surface area contributed by atoms with Crippen molar-refractivity contribution in [3.8, 4) is 11.1 Å². The maximum atomic E-state index is 13.2. The highest BCUT2D eigenvalue weighted by Crippen LogP contribution is 2.28. The number of hydrogen-bond donors (Lipinski definition) is 2. The average molecular weight is 408 g/mol. The lowest BCUT2D eigenvalue weighted by Crippen LogP contribution is -2.45. The second-order valence-corrected chi connectivity index (χ2v) is 8.32.